The Morgan fingerprint density at radius 2 is 1.76 bits per heavy atom. The van der Waals surface area contributed by atoms with E-state index >= 15 is 0 Å². The number of hydrogen-bond donors (Lipinski definition) is 2. The van der Waals surface area contributed by atoms with E-state index in [4.69, 9.17) is 10.7 Å². The lowest BCUT2D eigenvalue weighted by Crippen LogP contribution is -2.49. The van der Waals surface area contributed by atoms with E-state index in [1.54, 1.807) is 24.0 Å². The van der Waals surface area contributed by atoms with Crippen LogP contribution < -0.4 is 16.0 Å². The molecule has 1 fully saturated rings. The van der Waals surface area contributed by atoms with Crippen molar-refractivity contribution >= 4 is 52.5 Å². The predicted molar refractivity (Wildman–Crippen MR) is 146 cm³/mol. The number of nitrogens with zero attached hydrogens (tertiary/aromatic N) is 3. The molecule has 3 aromatic rings. The van der Waals surface area contributed by atoms with Gasteiger partial charge in [-0.2, -0.15) is 0 Å². The van der Waals surface area contributed by atoms with Gasteiger partial charge in [-0.3, -0.25) is 19.3 Å². The summed E-state index contributed by atoms with van der Waals surface area (Å²) >= 11 is 0. The number of benzene rings is 2. The predicted octanol–water partition coefficient (Wildman–Crippen LogP) is 3.58. The summed E-state index contributed by atoms with van der Waals surface area (Å²) in [5.41, 5.74) is 8.79. The average Bonchev–Trinajstić information content (AvgIpc) is 3.23. The molecule has 2 aliphatic rings. The van der Waals surface area contributed by atoms with Gasteiger partial charge in [-0.1, -0.05) is 24.3 Å². The number of nitrogens with one attached hydrogen (secondary N) is 1. The van der Waals surface area contributed by atoms with Crippen LogP contribution in [0, 0.1) is 5.92 Å². The van der Waals surface area contributed by atoms with E-state index in [1.165, 1.54) is 0 Å². The molecule has 0 spiro atoms. The van der Waals surface area contributed by atoms with Crippen molar-refractivity contribution in [3.05, 3.63) is 65.7 Å². The third kappa shape index (κ3) is 5.17. The van der Waals surface area contributed by atoms with E-state index in [2.05, 4.69) is 5.32 Å². The number of aromatic nitrogens is 1. The molecule has 8 nitrogen and oxygen atoms in total. The van der Waals surface area contributed by atoms with Crippen LogP contribution in [0.3, 0.4) is 0 Å². The number of amides is 3. The summed E-state index contributed by atoms with van der Waals surface area (Å²) in [6.07, 6.45) is 2.01. The summed E-state index contributed by atoms with van der Waals surface area (Å²) in [4.78, 5) is 46.3. The largest absolute Gasteiger partial charge is 0.349 e. The quantitative estimate of drug-likeness (QED) is 0.533. The van der Waals surface area contributed by atoms with Gasteiger partial charge in [-0.25, -0.2) is 4.98 Å². The van der Waals surface area contributed by atoms with Crippen LogP contribution in [0.15, 0.2) is 54.6 Å². The molecular formula is C28H32ClN5O3. The van der Waals surface area contributed by atoms with Crippen molar-refractivity contribution in [1.82, 2.24) is 15.2 Å². The number of halogens is 1. The Bertz CT molecular complexity index is 1340. The first-order valence-electron chi connectivity index (χ1n) is 12.5. The molecule has 2 atom stereocenters. The molecule has 9 heteroatoms. The maximum absolute atomic E-state index is 13.2. The highest BCUT2D eigenvalue weighted by Gasteiger charge is 2.30. The molecule has 5 rings (SSSR count). The van der Waals surface area contributed by atoms with Gasteiger partial charge in [0.2, 0.25) is 11.8 Å². The summed E-state index contributed by atoms with van der Waals surface area (Å²) in [6.45, 7) is 5.04. The second kappa shape index (κ2) is 10.9. The van der Waals surface area contributed by atoms with Gasteiger partial charge in [0.15, 0.2) is 0 Å². The minimum absolute atomic E-state index is 0. The van der Waals surface area contributed by atoms with E-state index < -0.39 is 6.04 Å². The molecule has 1 aromatic heterocycles. The Morgan fingerprint density at radius 3 is 2.49 bits per heavy atom. The second-order valence-corrected chi connectivity index (χ2v) is 9.79. The second-order valence-electron chi connectivity index (χ2n) is 9.79. The van der Waals surface area contributed by atoms with Gasteiger partial charge < -0.3 is 16.0 Å². The normalized spacial score (nSPS) is 17.2. The highest BCUT2D eigenvalue weighted by molar-refractivity contribution is 6.09. The lowest BCUT2D eigenvalue weighted by Gasteiger charge is -2.35. The fourth-order valence-corrected chi connectivity index (χ4v) is 5.28. The molecule has 3 N–H and O–H groups in total. The summed E-state index contributed by atoms with van der Waals surface area (Å²) < 4.78 is 0. The van der Waals surface area contributed by atoms with Gasteiger partial charge in [0.05, 0.1) is 23.7 Å². The number of anilines is 2. The van der Waals surface area contributed by atoms with Gasteiger partial charge in [-0.05, 0) is 68.5 Å². The smallest absolute Gasteiger partial charge is 0.252 e. The zero-order chi connectivity index (χ0) is 25.4. The first kappa shape index (κ1) is 26.6. The van der Waals surface area contributed by atoms with Gasteiger partial charge in [0, 0.05) is 30.1 Å². The van der Waals surface area contributed by atoms with Crippen LogP contribution in [-0.4, -0.2) is 52.8 Å². The molecule has 0 aliphatic carbocycles. The zero-order valence-electron chi connectivity index (χ0n) is 21.0. The summed E-state index contributed by atoms with van der Waals surface area (Å²) in [6, 6.07) is 16.3. The Hall–Kier alpha value is -3.49. The highest BCUT2D eigenvalue weighted by atomic mass is 35.5. The molecule has 2 aliphatic heterocycles. The Kier molecular flexibility index (Phi) is 7.80. The molecule has 2 aromatic carbocycles. The fraction of sp³-hybridized carbons (Fsp3) is 0.357. The minimum atomic E-state index is -0.488. The van der Waals surface area contributed by atoms with Gasteiger partial charge in [0.25, 0.3) is 5.91 Å². The number of pyridine rings is 1. The molecule has 1 unspecified atom stereocenters. The summed E-state index contributed by atoms with van der Waals surface area (Å²) in [7, 11) is 0. The molecular weight excluding hydrogens is 490 g/mol. The Balaban J connectivity index is 0.00000320. The van der Waals surface area contributed by atoms with E-state index in [0.29, 0.717) is 36.4 Å². The number of likely N-dealkylation sites (tertiary alicyclic amines) is 1. The summed E-state index contributed by atoms with van der Waals surface area (Å²) in [5.74, 6) is 0.647. The van der Waals surface area contributed by atoms with Crippen LogP contribution in [0.1, 0.15) is 42.6 Å². The number of carbonyl (C=O) groups is 3. The van der Waals surface area contributed by atoms with E-state index in [9.17, 15) is 14.4 Å². The van der Waals surface area contributed by atoms with Gasteiger partial charge in [-0.15, -0.1) is 12.4 Å². The first-order chi connectivity index (χ1) is 17.3. The number of para-hydroxylation sites is 1. The number of rotatable bonds is 5. The molecule has 194 valence electrons. The highest BCUT2D eigenvalue weighted by Crippen LogP contribution is 2.35. The maximum atomic E-state index is 13.2. The summed E-state index contributed by atoms with van der Waals surface area (Å²) in [5, 5.41) is 3.89. The lowest BCUT2D eigenvalue weighted by atomic mass is 9.90. The van der Waals surface area contributed by atoms with Crippen LogP contribution in [-0.2, 0) is 16.0 Å². The topological polar surface area (TPSA) is 109 Å². The SMILES string of the molecule is CC(NC(=O)c1cccc2nc(N3C(=O)Cc4ccccc43)ccc12)C1CCN(C(=O)[C@H](C)N)CC1.Cl. The third-order valence-electron chi connectivity index (χ3n) is 7.32. The molecule has 0 bridgehead atoms. The first-order valence-corrected chi connectivity index (χ1v) is 12.5. The van der Waals surface area contributed by atoms with E-state index in [-0.39, 0.29) is 42.1 Å². The molecule has 0 saturated carbocycles. The Labute approximate surface area is 222 Å². The third-order valence-corrected chi connectivity index (χ3v) is 7.32. The number of nitrogens with two attached hydrogens (primary N) is 1. The van der Waals surface area contributed by atoms with Crippen LogP contribution in [0.2, 0.25) is 0 Å². The molecule has 37 heavy (non-hydrogen) atoms. The van der Waals surface area contributed by atoms with Gasteiger partial charge >= 0.3 is 0 Å². The number of carbonyl (C=O) groups excluding carboxylic acids is 3. The van der Waals surface area contributed by atoms with E-state index in [0.717, 1.165) is 29.5 Å². The Morgan fingerprint density at radius 1 is 1.03 bits per heavy atom. The number of piperidine rings is 1. The molecule has 3 heterocycles. The number of hydrogen-bond acceptors (Lipinski definition) is 5. The van der Waals surface area contributed by atoms with Crippen molar-refractivity contribution in [2.24, 2.45) is 11.7 Å². The van der Waals surface area contributed by atoms with Crippen LogP contribution in [0.25, 0.3) is 10.9 Å². The average molecular weight is 522 g/mol. The zero-order valence-corrected chi connectivity index (χ0v) is 21.8. The van der Waals surface area contributed by atoms with Gasteiger partial charge in [0.1, 0.15) is 5.82 Å². The van der Waals surface area contributed by atoms with Crippen molar-refractivity contribution in [2.75, 3.05) is 18.0 Å². The van der Waals surface area contributed by atoms with Crippen molar-refractivity contribution in [3.63, 3.8) is 0 Å². The van der Waals surface area contributed by atoms with Crippen LogP contribution >= 0.6 is 12.4 Å². The van der Waals surface area contributed by atoms with Crippen LogP contribution in [0.5, 0.6) is 0 Å². The molecule has 1 saturated heterocycles. The van der Waals surface area contributed by atoms with Crippen molar-refractivity contribution in [3.8, 4) is 0 Å². The standard InChI is InChI=1S/C28H31N5O3.ClH/c1-17(29)28(36)32-14-12-19(13-15-32)18(2)30-27(35)22-7-5-8-23-21(22)10-11-25(31-23)33-24-9-4-3-6-20(24)16-26(33)34;/h3-11,17-19H,12-16,29H2,1-2H3,(H,30,35);1H/t17-,18?;/m0./s1. The van der Waals surface area contributed by atoms with Crippen LogP contribution in [0.4, 0.5) is 11.5 Å². The maximum Gasteiger partial charge on any atom is 0.252 e. The lowest BCUT2D eigenvalue weighted by molar-refractivity contribution is -0.133. The van der Waals surface area contributed by atoms with Crippen molar-refractivity contribution in [2.45, 2.75) is 45.2 Å². The molecule has 3 amide bonds. The number of fused-ring (bicyclic) bond motifs is 2. The minimum Gasteiger partial charge on any atom is -0.349 e. The fourth-order valence-electron chi connectivity index (χ4n) is 5.28. The van der Waals surface area contributed by atoms with E-state index in [1.807, 2.05) is 54.3 Å². The molecule has 0 radical (unpaired) electrons. The van der Waals surface area contributed by atoms with Crippen molar-refractivity contribution in [1.29, 1.82) is 0 Å². The van der Waals surface area contributed by atoms with Crippen molar-refractivity contribution < 1.29 is 14.4 Å². The monoisotopic (exact) mass is 521 g/mol.